The number of aliphatic hydroxyl groups excluding tert-OH is 1. The summed E-state index contributed by atoms with van der Waals surface area (Å²) in [7, 11) is -4.76. The van der Waals surface area contributed by atoms with Crippen LogP contribution in [0.2, 0.25) is 0 Å². The van der Waals surface area contributed by atoms with Crippen LogP contribution in [0.1, 0.15) is 89.7 Å². The maximum absolute atomic E-state index is 12.3. The van der Waals surface area contributed by atoms with Crippen molar-refractivity contribution in [3.63, 3.8) is 0 Å². The van der Waals surface area contributed by atoms with Gasteiger partial charge in [0.25, 0.3) is 0 Å². The van der Waals surface area contributed by atoms with Gasteiger partial charge in [0.15, 0.2) is 0 Å². The van der Waals surface area contributed by atoms with E-state index < -0.39 is 16.2 Å². The zero-order valence-electron chi connectivity index (χ0n) is 25.1. The van der Waals surface area contributed by atoms with Gasteiger partial charge in [-0.05, 0) is 60.4 Å². The van der Waals surface area contributed by atoms with E-state index in [1.807, 2.05) is 43.3 Å². The van der Waals surface area contributed by atoms with Gasteiger partial charge in [-0.1, -0.05) is 107 Å². The van der Waals surface area contributed by atoms with E-state index in [0.29, 0.717) is 28.2 Å². The van der Waals surface area contributed by atoms with Crippen LogP contribution in [0, 0.1) is 11.8 Å². The third-order valence-corrected chi connectivity index (χ3v) is 8.79. The van der Waals surface area contributed by atoms with E-state index in [0.717, 1.165) is 36.3 Å². The number of rotatable bonds is 16. The fourth-order valence-corrected chi connectivity index (χ4v) is 6.34. The van der Waals surface area contributed by atoms with Crippen LogP contribution in [0.4, 0.5) is 0 Å². The van der Waals surface area contributed by atoms with Crippen molar-refractivity contribution in [2.45, 2.75) is 98.8 Å². The summed E-state index contributed by atoms with van der Waals surface area (Å²) in [6, 6.07) is 19.3. The van der Waals surface area contributed by atoms with E-state index >= 15 is 0 Å². The first-order valence-electron chi connectivity index (χ1n) is 14.6. The van der Waals surface area contributed by atoms with E-state index in [2.05, 4.69) is 18.8 Å². The minimum absolute atomic E-state index is 0. The Morgan fingerprint density at radius 2 is 1.55 bits per heavy atom. The molecule has 3 aromatic rings. The van der Waals surface area contributed by atoms with Gasteiger partial charge in [-0.25, -0.2) is 8.42 Å². The smallest absolute Gasteiger partial charge is 0.744 e. The number of hydrogen-bond donors (Lipinski definition) is 1. The van der Waals surface area contributed by atoms with Crippen molar-refractivity contribution in [1.82, 2.24) is 0 Å². The molecule has 42 heavy (non-hydrogen) atoms. The second kappa shape index (κ2) is 19.5. The van der Waals surface area contributed by atoms with Crippen LogP contribution in [-0.2, 0) is 10.1 Å². The monoisotopic (exact) mass is 616 g/mol. The summed E-state index contributed by atoms with van der Waals surface area (Å²) in [6.07, 6.45) is 10.4. The first-order chi connectivity index (χ1) is 19.8. The zero-order valence-corrected chi connectivity index (χ0v) is 28.7. The van der Waals surface area contributed by atoms with Crippen LogP contribution in [0.3, 0.4) is 0 Å². The Balaban J connectivity index is 0.00000616. The van der Waals surface area contributed by atoms with Gasteiger partial charge in [0.05, 0.1) is 11.5 Å². The van der Waals surface area contributed by atoms with Crippen molar-refractivity contribution in [2.24, 2.45) is 0 Å². The minimum Gasteiger partial charge on any atom is -0.744 e. The SMILES string of the molecule is CCCCCCCCCCC#CC(O)c1ccccc1-c1ccc(Sc2ccc(OCCC)cc2)c(S(=O)(=O)[O-])c1.[Na+]. The topological polar surface area (TPSA) is 86.7 Å². The maximum atomic E-state index is 12.3. The molecule has 0 amide bonds. The van der Waals surface area contributed by atoms with Crippen LogP contribution in [0.15, 0.2) is 81.4 Å². The van der Waals surface area contributed by atoms with Gasteiger partial charge in [-0.3, -0.25) is 0 Å². The summed E-state index contributed by atoms with van der Waals surface area (Å²) in [4.78, 5) is 0.833. The molecule has 0 fully saturated rings. The predicted octanol–water partition coefficient (Wildman–Crippen LogP) is 5.77. The third kappa shape index (κ3) is 12.1. The molecule has 5 nitrogen and oxygen atoms in total. The molecule has 0 radical (unpaired) electrons. The Morgan fingerprint density at radius 3 is 2.21 bits per heavy atom. The van der Waals surface area contributed by atoms with Crippen molar-refractivity contribution in [3.8, 4) is 28.7 Å². The molecule has 3 rings (SSSR count). The van der Waals surface area contributed by atoms with Crippen molar-refractivity contribution in [3.05, 3.63) is 72.3 Å². The predicted molar refractivity (Wildman–Crippen MR) is 166 cm³/mol. The molecular formula is C34H41NaO5S2. The normalized spacial score (nSPS) is 11.7. The van der Waals surface area contributed by atoms with Gasteiger partial charge < -0.3 is 14.4 Å². The van der Waals surface area contributed by atoms with Gasteiger partial charge in [-0.2, -0.15) is 0 Å². The standard InChI is InChI=1S/C34H42O5S2.Na/c1-3-5-6-7-8-9-10-11-12-13-18-32(35)31-17-15-14-16-30(31)27-19-24-33(34(26-27)41(36,37)38)40-29-22-20-28(21-23-29)39-25-4-2;/h14-17,19-24,26,32,35H,3-12,25H2,1-2H3,(H,36,37,38);/q;+1/p-1. The number of benzene rings is 3. The molecule has 1 N–H and O–H groups in total. The van der Waals surface area contributed by atoms with Gasteiger partial charge in [-0.15, -0.1) is 5.92 Å². The first-order valence-corrected chi connectivity index (χ1v) is 16.8. The van der Waals surface area contributed by atoms with Crippen LogP contribution in [0.5, 0.6) is 5.75 Å². The molecule has 0 aliphatic rings. The van der Waals surface area contributed by atoms with Crippen LogP contribution < -0.4 is 34.3 Å². The second-order valence-electron chi connectivity index (χ2n) is 10.1. The Hall–Kier alpha value is -1.76. The van der Waals surface area contributed by atoms with E-state index in [-0.39, 0.29) is 34.5 Å². The fourth-order valence-electron chi connectivity index (χ4n) is 4.50. The van der Waals surface area contributed by atoms with Crippen LogP contribution in [-0.4, -0.2) is 24.7 Å². The zero-order chi connectivity index (χ0) is 29.5. The summed E-state index contributed by atoms with van der Waals surface area (Å²) in [5, 5.41) is 10.9. The Morgan fingerprint density at radius 1 is 0.881 bits per heavy atom. The summed E-state index contributed by atoms with van der Waals surface area (Å²) < 4.78 is 42.4. The number of unbranched alkanes of at least 4 members (excludes halogenated alkanes) is 8. The Kier molecular flexibility index (Phi) is 16.9. The Labute approximate surface area is 278 Å². The molecule has 3 aromatic carbocycles. The largest absolute Gasteiger partial charge is 1.00 e. The maximum Gasteiger partial charge on any atom is 1.00 e. The molecule has 0 saturated carbocycles. The molecule has 0 heterocycles. The molecular weight excluding hydrogens is 575 g/mol. The number of aliphatic hydroxyl groups is 1. The molecule has 0 bridgehead atoms. The average Bonchev–Trinajstić information content (AvgIpc) is 2.97. The van der Waals surface area contributed by atoms with Crippen LogP contribution in [0.25, 0.3) is 11.1 Å². The van der Waals surface area contributed by atoms with Crippen molar-refractivity contribution in [1.29, 1.82) is 0 Å². The van der Waals surface area contributed by atoms with Gasteiger partial charge in [0.2, 0.25) is 0 Å². The van der Waals surface area contributed by atoms with E-state index in [4.69, 9.17) is 4.74 Å². The molecule has 0 aliphatic carbocycles. The fraction of sp³-hybridized carbons (Fsp3) is 0.412. The van der Waals surface area contributed by atoms with E-state index in [1.165, 1.54) is 56.4 Å². The molecule has 1 atom stereocenters. The van der Waals surface area contributed by atoms with Gasteiger partial charge in [0.1, 0.15) is 22.0 Å². The molecule has 0 aromatic heterocycles. The van der Waals surface area contributed by atoms with Gasteiger partial charge >= 0.3 is 29.6 Å². The van der Waals surface area contributed by atoms with E-state index in [1.54, 1.807) is 24.3 Å². The summed E-state index contributed by atoms with van der Waals surface area (Å²) in [6.45, 7) is 4.87. The second-order valence-corrected chi connectivity index (χ2v) is 12.5. The number of hydrogen-bond acceptors (Lipinski definition) is 6. The third-order valence-electron chi connectivity index (χ3n) is 6.70. The first kappa shape index (κ1) is 36.4. The average molecular weight is 617 g/mol. The Bertz CT molecular complexity index is 1400. The molecule has 0 saturated heterocycles. The number of ether oxygens (including phenoxy) is 1. The van der Waals surface area contributed by atoms with Crippen LogP contribution >= 0.6 is 11.8 Å². The van der Waals surface area contributed by atoms with Crippen molar-refractivity contribution >= 4 is 21.9 Å². The molecule has 220 valence electrons. The summed E-state index contributed by atoms with van der Waals surface area (Å²) in [5.74, 6) is 6.78. The molecule has 0 spiro atoms. The van der Waals surface area contributed by atoms with Gasteiger partial charge in [0, 0.05) is 21.8 Å². The quantitative estimate of drug-likeness (QED) is 0.0952. The summed E-state index contributed by atoms with van der Waals surface area (Å²) >= 11 is 1.21. The molecule has 8 heteroatoms. The van der Waals surface area contributed by atoms with Crippen molar-refractivity contribution < 1.29 is 52.4 Å². The molecule has 0 aliphatic heterocycles. The summed E-state index contributed by atoms with van der Waals surface area (Å²) in [5.41, 5.74) is 1.75. The van der Waals surface area contributed by atoms with Crippen molar-refractivity contribution in [2.75, 3.05) is 6.61 Å². The molecule has 1 unspecified atom stereocenters. The minimum atomic E-state index is -4.76. The van der Waals surface area contributed by atoms with E-state index in [9.17, 15) is 18.1 Å².